The Morgan fingerprint density at radius 1 is 1.57 bits per heavy atom. The maximum Gasteiger partial charge on any atom is 0.0544 e. The lowest BCUT2D eigenvalue weighted by Gasteiger charge is -2.28. The molecule has 2 atom stereocenters. The molecule has 1 aromatic rings. The molecule has 2 unspecified atom stereocenters. The summed E-state index contributed by atoms with van der Waals surface area (Å²) >= 11 is 8.00. The number of benzene rings is 1. The Bertz CT molecular complexity index is 338. The normalized spacial score (nSPS) is 22.9. The number of nitrogens with two attached hydrogens (primary N) is 1. The monoisotopic (exact) mass is 227 g/mol. The number of thioether (sulfide) groups is 1. The van der Waals surface area contributed by atoms with E-state index in [1.54, 1.807) is 0 Å². The third kappa shape index (κ3) is 1.79. The van der Waals surface area contributed by atoms with E-state index in [-0.39, 0.29) is 6.04 Å². The van der Waals surface area contributed by atoms with Crippen molar-refractivity contribution >= 4 is 23.4 Å². The molecular weight excluding hydrogens is 214 g/mol. The van der Waals surface area contributed by atoms with E-state index in [2.05, 4.69) is 13.0 Å². The van der Waals surface area contributed by atoms with Gasteiger partial charge in [-0.25, -0.2) is 0 Å². The summed E-state index contributed by atoms with van der Waals surface area (Å²) in [5, 5.41) is 0.873. The second kappa shape index (κ2) is 4.13. The molecule has 0 fully saturated rings. The van der Waals surface area contributed by atoms with E-state index in [0.29, 0.717) is 5.92 Å². The van der Waals surface area contributed by atoms with Crippen molar-refractivity contribution in [2.45, 2.75) is 30.2 Å². The maximum atomic E-state index is 6.15. The molecule has 0 aliphatic carbocycles. The van der Waals surface area contributed by atoms with Crippen molar-refractivity contribution in [3.05, 3.63) is 28.8 Å². The molecule has 1 nitrogen and oxygen atoms in total. The van der Waals surface area contributed by atoms with Crippen LogP contribution in [0, 0.1) is 0 Å². The lowest BCUT2D eigenvalue weighted by molar-refractivity contribution is 0.543. The molecule has 0 saturated carbocycles. The molecule has 14 heavy (non-hydrogen) atoms. The van der Waals surface area contributed by atoms with Crippen LogP contribution in [0.2, 0.25) is 5.02 Å². The van der Waals surface area contributed by atoms with E-state index >= 15 is 0 Å². The maximum absolute atomic E-state index is 6.15. The second-order valence-corrected chi connectivity index (χ2v) is 5.27. The summed E-state index contributed by atoms with van der Waals surface area (Å²) in [6, 6.07) is 6.34. The topological polar surface area (TPSA) is 26.0 Å². The largest absolute Gasteiger partial charge is 0.327 e. The average molecular weight is 228 g/mol. The Labute approximate surface area is 94.0 Å². The molecule has 76 valence electrons. The van der Waals surface area contributed by atoms with Crippen molar-refractivity contribution in [2.24, 2.45) is 5.73 Å². The molecule has 0 saturated heterocycles. The van der Waals surface area contributed by atoms with Crippen LogP contribution in [0.5, 0.6) is 0 Å². The molecule has 2 rings (SSSR count). The van der Waals surface area contributed by atoms with Crippen molar-refractivity contribution in [2.75, 3.05) is 5.75 Å². The molecule has 1 aromatic carbocycles. The zero-order chi connectivity index (χ0) is 10.1. The van der Waals surface area contributed by atoms with Crippen LogP contribution in [0.15, 0.2) is 23.1 Å². The fourth-order valence-corrected chi connectivity index (χ4v) is 3.47. The van der Waals surface area contributed by atoms with Crippen LogP contribution >= 0.6 is 23.4 Å². The van der Waals surface area contributed by atoms with Gasteiger partial charge in [-0.05, 0) is 30.7 Å². The van der Waals surface area contributed by atoms with Crippen LogP contribution in [-0.4, -0.2) is 11.8 Å². The first-order chi connectivity index (χ1) is 6.70. The predicted molar refractivity (Wildman–Crippen MR) is 63.2 cm³/mol. The summed E-state index contributed by atoms with van der Waals surface area (Å²) in [5.41, 5.74) is 7.32. The fourth-order valence-electron chi connectivity index (χ4n) is 1.96. The number of hydrogen-bond donors (Lipinski definition) is 1. The molecule has 3 heteroatoms. The predicted octanol–water partition coefficient (Wildman–Crippen LogP) is 3.27. The first-order valence-corrected chi connectivity index (χ1v) is 6.23. The molecule has 0 aromatic heterocycles. The van der Waals surface area contributed by atoms with Gasteiger partial charge in [-0.2, -0.15) is 0 Å². The highest BCUT2D eigenvalue weighted by Gasteiger charge is 2.24. The summed E-state index contributed by atoms with van der Waals surface area (Å²) in [7, 11) is 0. The molecule has 1 aliphatic rings. The first-order valence-electron chi connectivity index (χ1n) is 4.87. The Morgan fingerprint density at radius 2 is 2.36 bits per heavy atom. The summed E-state index contributed by atoms with van der Waals surface area (Å²) in [6.07, 6.45) is 1.16. The van der Waals surface area contributed by atoms with Crippen molar-refractivity contribution in [3.8, 4) is 0 Å². The van der Waals surface area contributed by atoms with Gasteiger partial charge < -0.3 is 5.73 Å². The minimum atomic E-state index is 0.216. The van der Waals surface area contributed by atoms with E-state index in [1.807, 2.05) is 23.9 Å². The third-order valence-corrected chi connectivity index (χ3v) is 4.32. The molecule has 1 aliphatic heterocycles. The van der Waals surface area contributed by atoms with Gasteiger partial charge in [0.25, 0.3) is 0 Å². The van der Waals surface area contributed by atoms with Crippen molar-refractivity contribution in [3.63, 3.8) is 0 Å². The van der Waals surface area contributed by atoms with E-state index in [4.69, 9.17) is 17.3 Å². The fraction of sp³-hybridized carbons (Fsp3) is 0.455. The smallest absolute Gasteiger partial charge is 0.0544 e. The van der Waals surface area contributed by atoms with Crippen molar-refractivity contribution in [1.82, 2.24) is 0 Å². The Morgan fingerprint density at radius 3 is 3.07 bits per heavy atom. The lowest BCUT2D eigenvalue weighted by Crippen LogP contribution is -2.27. The molecule has 2 N–H and O–H groups in total. The minimum Gasteiger partial charge on any atom is -0.327 e. The highest BCUT2D eigenvalue weighted by molar-refractivity contribution is 7.99. The van der Waals surface area contributed by atoms with Gasteiger partial charge in [0.15, 0.2) is 0 Å². The minimum absolute atomic E-state index is 0.216. The van der Waals surface area contributed by atoms with Gasteiger partial charge in [-0.3, -0.25) is 0 Å². The zero-order valence-electron chi connectivity index (χ0n) is 8.16. The average Bonchev–Trinajstić information content (AvgIpc) is 2.17. The Kier molecular flexibility index (Phi) is 3.05. The third-order valence-electron chi connectivity index (χ3n) is 2.71. The van der Waals surface area contributed by atoms with Gasteiger partial charge in [-0.15, -0.1) is 11.8 Å². The standard InChI is InChI=1S/C11H14ClNS/c1-7(13)8-5-6-14-11-9(8)3-2-4-10(11)12/h2-4,7-8H,5-6,13H2,1H3. The van der Waals surface area contributed by atoms with Crippen LogP contribution in [-0.2, 0) is 0 Å². The van der Waals surface area contributed by atoms with Crippen molar-refractivity contribution < 1.29 is 0 Å². The highest BCUT2D eigenvalue weighted by Crippen LogP contribution is 2.42. The summed E-state index contributed by atoms with van der Waals surface area (Å²) in [6.45, 7) is 2.07. The van der Waals surface area contributed by atoms with Gasteiger partial charge in [0.1, 0.15) is 0 Å². The lowest BCUT2D eigenvalue weighted by atomic mass is 9.90. The SMILES string of the molecule is CC(N)C1CCSc2c(Cl)cccc21. The van der Waals surface area contributed by atoms with Gasteiger partial charge >= 0.3 is 0 Å². The molecule has 0 radical (unpaired) electrons. The van der Waals surface area contributed by atoms with Gasteiger partial charge in [0.2, 0.25) is 0 Å². The van der Waals surface area contributed by atoms with E-state index < -0.39 is 0 Å². The number of hydrogen-bond acceptors (Lipinski definition) is 2. The van der Waals surface area contributed by atoms with Crippen LogP contribution in [0.4, 0.5) is 0 Å². The molecule has 1 heterocycles. The summed E-state index contributed by atoms with van der Waals surface area (Å²) in [5.74, 6) is 1.60. The molecule has 0 spiro atoms. The van der Waals surface area contributed by atoms with E-state index in [9.17, 15) is 0 Å². The van der Waals surface area contributed by atoms with Crippen LogP contribution in [0.3, 0.4) is 0 Å². The Hall–Kier alpha value is -0.180. The molecule has 0 bridgehead atoms. The highest BCUT2D eigenvalue weighted by atomic mass is 35.5. The van der Waals surface area contributed by atoms with E-state index in [1.165, 1.54) is 10.5 Å². The summed E-state index contributed by atoms with van der Waals surface area (Å²) < 4.78 is 0. The quantitative estimate of drug-likeness (QED) is 0.797. The Balaban J connectivity index is 2.44. The number of fused-ring (bicyclic) bond motifs is 1. The summed E-state index contributed by atoms with van der Waals surface area (Å²) in [4.78, 5) is 1.24. The van der Waals surface area contributed by atoms with Crippen LogP contribution < -0.4 is 5.73 Å². The number of halogens is 1. The zero-order valence-corrected chi connectivity index (χ0v) is 9.74. The van der Waals surface area contributed by atoms with Crippen molar-refractivity contribution in [1.29, 1.82) is 0 Å². The van der Waals surface area contributed by atoms with Gasteiger partial charge in [0, 0.05) is 16.9 Å². The molecule has 0 amide bonds. The van der Waals surface area contributed by atoms with Crippen LogP contribution in [0.25, 0.3) is 0 Å². The van der Waals surface area contributed by atoms with E-state index in [0.717, 1.165) is 17.2 Å². The van der Waals surface area contributed by atoms with Gasteiger partial charge in [-0.1, -0.05) is 23.7 Å². The molecular formula is C11H14ClNS. The first kappa shape index (κ1) is 10.3. The van der Waals surface area contributed by atoms with Crippen LogP contribution in [0.1, 0.15) is 24.8 Å². The number of rotatable bonds is 1. The van der Waals surface area contributed by atoms with Gasteiger partial charge in [0.05, 0.1) is 5.02 Å². The second-order valence-electron chi connectivity index (χ2n) is 3.76.